The fourth-order valence-electron chi connectivity index (χ4n) is 2.39. The van der Waals surface area contributed by atoms with Crippen molar-refractivity contribution in [1.29, 1.82) is 0 Å². The van der Waals surface area contributed by atoms with Gasteiger partial charge in [-0.25, -0.2) is 4.39 Å². The van der Waals surface area contributed by atoms with Crippen molar-refractivity contribution in [3.05, 3.63) is 78.1 Å². The van der Waals surface area contributed by atoms with Crippen LogP contribution in [0.5, 0.6) is 0 Å². The zero-order valence-electron chi connectivity index (χ0n) is 14.3. The molecule has 0 aliphatic heterocycles. The Balaban J connectivity index is 0.000000212. The van der Waals surface area contributed by atoms with E-state index in [1.54, 1.807) is 23.9 Å². The summed E-state index contributed by atoms with van der Waals surface area (Å²) in [7, 11) is 0. The zero-order valence-corrected chi connectivity index (χ0v) is 15.1. The van der Waals surface area contributed by atoms with E-state index in [2.05, 4.69) is 0 Å². The molecule has 4 heteroatoms. The number of fused-ring (bicyclic) bond motifs is 1. The van der Waals surface area contributed by atoms with Crippen molar-refractivity contribution in [2.24, 2.45) is 0 Å². The number of halogens is 1. The molecule has 0 saturated heterocycles. The fraction of sp³-hybridized carbons (Fsp3) is 0.190. The van der Waals surface area contributed by atoms with E-state index < -0.39 is 6.10 Å². The maximum absolute atomic E-state index is 12.2. The second-order valence-corrected chi connectivity index (χ2v) is 6.51. The van der Waals surface area contributed by atoms with Crippen molar-refractivity contribution < 1.29 is 14.3 Å². The van der Waals surface area contributed by atoms with E-state index in [9.17, 15) is 14.3 Å². The molecule has 1 unspecified atom stereocenters. The van der Waals surface area contributed by atoms with Crippen molar-refractivity contribution in [3.63, 3.8) is 0 Å². The van der Waals surface area contributed by atoms with Crippen molar-refractivity contribution in [2.75, 3.05) is 6.26 Å². The molecule has 0 radical (unpaired) electrons. The second-order valence-electron chi connectivity index (χ2n) is 5.63. The Kier molecular flexibility index (Phi) is 7.16. The first kappa shape index (κ1) is 19.2. The van der Waals surface area contributed by atoms with Crippen LogP contribution in [0.3, 0.4) is 0 Å². The smallest absolute Gasteiger partial charge is 0.158 e. The van der Waals surface area contributed by atoms with Crippen LogP contribution in [-0.2, 0) is 11.2 Å². The summed E-state index contributed by atoms with van der Waals surface area (Å²) in [6.07, 6.45) is 1.45. The number of ketones is 1. The molecule has 1 N–H and O–H groups in total. The van der Waals surface area contributed by atoms with Gasteiger partial charge in [0.15, 0.2) is 5.78 Å². The van der Waals surface area contributed by atoms with Crippen LogP contribution in [0.15, 0.2) is 71.6 Å². The third kappa shape index (κ3) is 5.69. The Morgan fingerprint density at radius 1 is 1.04 bits per heavy atom. The summed E-state index contributed by atoms with van der Waals surface area (Å²) in [5, 5.41) is 11.8. The number of Topliss-reactive ketones (excluding diaryl/α,β-unsaturated/α-hetero) is 1. The monoisotopic (exact) mass is 356 g/mol. The van der Waals surface area contributed by atoms with Gasteiger partial charge in [0.05, 0.1) is 0 Å². The number of aliphatic hydroxyl groups is 1. The normalized spacial score (nSPS) is 11.5. The van der Waals surface area contributed by atoms with Crippen LogP contribution in [0, 0.1) is 5.82 Å². The zero-order chi connectivity index (χ0) is 18.2. The average molecular weight is 356 g/mol. The van der Waals surface area contributed by atoms with Gasteiger partial charge in [-0.15, -0.1) is 11.8 Å². The van der Waals surface area contributed by atoms with Crippen LogP contribution in [0.2, 0.25) is 0 Å². The van der Waals surface area contributed by atoms with Gasteiger partial charge in [-0.05, 0) is 53.8 Å². The van der Waals surface area contributed by atoms with Gasteiger partial charge in [0.2, 0.25) is 0 Å². The van der Waals surface area contributed by atoms with Crippen molar-refractivity contribution in [1.82, 2.24) is 0 Å². The van der Waals surface area contributed by atoms with Crippen LogP contribution >= 0.6 is 11.8 Å². The van der Waals surface area contributed by atoms with Crippen molar-refractivity contribution in [3.8, 4) is 0 Å². The Morgan fingerprint density at radius 2 is 1.68 bits per heavy atom. The van der Waals surface area contributed by atoms with Crippen LogP contribution in [0.1, 0.15) is 12.5 Å². The van der Waals surface area contributed by atoms with Crippen molar-refractivity contribution >= 4 is 28.3 Å². The molecule has 0 saturated carbocycles. The summed E-state index contributed by atoms with van der Waals surface area (Å²) < 4.78 is 12.2. The quantitative estimate of drug-likeness (QED) is 0.677. The molecule has 0 fully saturated rings. The summed E-state index contributed by atoms with van der Waals surface area (Å²) >= 11 is 1.61. The summed E-state index contributed by atoms with van der Waals surface area (Å²) in [6, 6.07) is 20.4. The lowest BCUT2D eigenvalue weighted by Gasteiger charge is -2.09. The highest BCUT2D eigenvalue weighted by Crippen LogP contribution is 2.19. The number of carbonyl (C=O) groups is 1. The number of thioether (sulfide) groups is 1. The lowest BCUT2D eigenvalue weighted by Crippen LogP contribution is -2.19. The molecule has 130 valence electrons. The van der Waals surface area contributed by atoms with Crippen LogP contribution in [-0.4, -0.2) is 23.2 Å². The summed E-state index contributed by atoms with van der Waals surface area (Å²) in [4.78, 5) is 12.1. The molecule has 3 aromatic carbocycles. The van der Waals surface area contributed by atoms with Gasteiger partial charge in [-0.2, -0.15) is 0 Å². The summed E-state index contributed by atoms with van der Waals surface area (Å²) in [5.41, 5.74) is 1.01. The Morgan fingerprint density at radius 3 is 2.32 bits per heavy atom. The molecule has 0 aliphatic rings. The number of carbonyl (C=O) groups excluding carboxylic acids is 1. The lowest BCUT2D eigenvalue weighted by molar-refractivity contribution is -0.124. The van der Waals surface area contributed by atoms with Crippen LogP contribution in [0.4, 0.5) is 4.39 Å². The van der Waals surface area contributed by atoms with Gasteiger partial charge in [-0.3, -0.25) is 4.79 Å². The largest absolute Gasteiger partial charge is 0.385 e. The maximum atomic E-state index is 12.2. The lowest BCUT2D eigenvalue weighted by atomic mass is 9.99. The Labute approximate surface area is 151 Å². The van der Waals surface area contributed by atoms with Gasteiger partial charge >= 0.3 is 0 Å². The summed E-state index contributed by atoms with van der Waals surface area (Å²) in [5.74, 6) is -0.360. The number of benzene rings is 3. The molecule has 3 aromatic rings. The minimum Gasteiger partial charge on any atom is -0.385 e. The predicted octanol–water partition coefficient (Wildman–Crippen LogP) is 4.88. The van der Waals surface area contributed by atoms with Gasteiger partial charge in [-0.1, -0.05) is 42.5 Å². The SMILES string of the molecule is CC(=O)C(O)Cc1cccc2ccccc12.CSc1ccc(F)cc1. The molecule has 0 spiro atoms. The molecule has 0 aliphatic carbocycles. The molecule has 1 atom stereocenters. The van der Waals surface area contributed by atoms with E-state index >= 15 is 0 Å². The molecule has 3 rings (SSSR count). The molecular formula is C21H21FO2S. The van der Waals surface area contributed by atoms with Crippen molar-refractivity contribution in [2.45, 2.75) is 24.3 Å². The minimum absolute atomic E-state index is 0.173. The molecule has 25 heavy (non-hydrogen) atoms. The average Bonchev–Trinajstić information content (AvgIpc) is 2.63. The first-order valence-corrected chi connectivity index (χ1v) is 9.18. The van der Waals surface area contributed by atoms with E-state index in [1.165, 1.54) is 19.1 Å². The van der Waals surface area contributed by atoms with Gasteiger partial charge in [0, 0.05) is 11.3 Å². The van der Waals surface area contributed by atoms with E-state index in [1.807, 2.05) is 48.7 Å². The first-order chi connectivity index (χ1) is 12.0. The maximum Gasteiger partial charge on any atom is 0.158 e. The van der Waals surface area contributed by atoms with E-state index in [4.69, 9.17) is 0 Å². The van der Waals surface area contributed by atoms with E-state index in [-0.39, 0.29) is 11.6 Å². The highest BCUT2D eigenvalue weighted by molar-refractivity contribution is 7.98. The van der Waals surface area contributed by atoms with Gasteiger partial charge < -0.3 is 5.11 Å². The molecule has 0 heterocycles. The topological polar surface area (TPSA) is 37.3 Å². The standard InChI is InChI=1S/C14H14O2.C7H7FS/c1-10(15)14(16)9-12-7-4-6-11-5-2-3-8-13(11)12;1-9-7-4-2-6(8)3-5-7/h2-8,14,16H,9H2,1H3;2-5H,1H3. The summed E-state index contributed by atoms with van der Waals surface area (Å²) in [6.45, 7) is 1.41. The Bertz CT molecular complexity index is 825. The predicted molar refractivity (Wildman–Crippen MR) is 103 cm³/mol. The molecule has 0 aromatic heterocycles. The van der Waals surface area contributed by atoms with Crippen LogP contribution < -0.4 is 0 Å². The first-order valence-electron chi connectivity index (χ1n) is 7.96. The molecular weight excluding hydrogens is 335 g/mol. The number of rotatable bonds is 4. The highest BCUT2D eigenvalue weighted by atomic mass is 32.2. The van der Waals surface area contributed by atoms with Crippen LogP contribution in [0.25, 0.3) is 10.8 Å². The van der Waals surface area contributed by atoms with Gasteiger partial charge in [0.1, 0.15) is 11.9 Å². The third-order valence-electron chi connectivity index (χ3n) is 3.81. The number of hydrogen-bond acceptors (Lipinski definition) is 3. The third-order valence-corrected chi connectivity index (χ3v) is 4.56. The Hall–Kier alpha value is -2.17. The molecule has 0 bridgehead atoms. The minimum atomic E-state index is -0.897. The molecule has 0 amide bonds. The fourth-order valence-corrected chi connectivity index (χ4v) is 2.80. The van der Waals surface area contributed by atoms with E-state index in [0.29, 0.717) is 6.42 Å². The second kappa shape index (κ2) is 9.35. The van der Waals surface area contributed by atoms with Gasteiger partial charge in [0.25, 0.3) is 0 Å². The van der Waals surface area contributed by atoms with E-state index in [0.717, 1.165) is 21.2 Å². The molecule has 2 nitrogen and oxygen atoms in total. The number of hydrogen-bond donors (Lipinski definition) is 1. The highest BCUT2D eigenvalue weighted by Gasteiger charge is 2.11. The number of aliphatic hydroxyl groups excluding tert-OH is 1.